The van der Waals surface area contributed by atoms with E-state index in [0.29, 0.717) is 5.56 Å². The number of fused-ring (bicyclic) bond motifs is 9. The van der Waals surface area contributed by atoms with Crippen molar-refractivity contribution >= 4 is 67.0 Å². The molecule has 4 heterocycles. The summed E-state index contributed by atoms with van der Waals surface area (Å²) in [6.07, 6.45) is 4.10. The number of para-hydroxylation sites is 1. The van der Waals surface area contributed by atoms with Crippen molar-refractivity contribution in [1.82, 2.24) is 9.88 Å². The molecule has 0 aliphatic carbocycles. The normalized spacial score (nSPS) is 12.9. The van der Waals surface area contributed by atoms with E-state index in [2.05, 4.69) is 76.6 Å². The predicted octanol–water partition coefficient (Wildman–Crippen LogP) is 7.09. The molecule has 5 aromatic carbocycles. The summed E-state index contributed by atoms with van der Waals surface area (Å²) in [6.45, 7) is 0.764. The lowest BCUT2D eigenvalue weighted by atomic mass is 10.0. The monoisotopic (exact) mass is 527 g/mol. The summed E-state index contributed by atoms with van der Waals surface area (Å²) in [5.74, 6) is 0. The number of nitrogens with zero attached hydrogens (tertiary/aromatic N) is 2. The smallest absolute Gasteiger partial charge is 0.135 e. The highest BCUT2D eigenvalue weighted by Crippen LogP contribution is 2.37. The van der Waals surface area contributed by atoms with Crippen LogP contribution in [0.15, 0.2) is 106 Å². The predicted molar refractivity (Wildman–Crippen MR) is 164 cm³/mol. The summed E-state index contributed by atoms with van der Waals surface area (Å²) in [5, 5.41) is 19.5. The second-order valence-corrected chi connectivity index (χ2v) is 10.5. The zero-order valence-corrected chi connectivity index (χ0v) is 21.8. The van der Waals surface area contributed by atoms with Crippen molar-refractivity contribution in [2.75, 3.05) is 6.54 Å². The lowest BCUT2D eigenvalue weighted by Crippen LogP contribution is -2.29. The molecule has 0 unspecified atom stereocenters. The van der Waals surface area contributed by atoms with Crippen molar-refractivity contribution in [1.29, 1.82) is 5.26 Å². The van der Waals surface area contributed by atoms with E-state index in [-0.39, 0.29) is 0 Å². The van der Waals surface area contributed by atoms with Crippen molar-refractivity contribution in [3.63, 3.8) is 0 Å². The van der Waals surface area contributed by atoms with E-state index in [4.69, 9.17) is 8.83 Å². The standard InChI is InChI=1S/C36H21N3O2/c37-19-21-5-9-31-26(15-21)27-16-22(23-7-11-34-28(17-23)25-3-1-2-4-33(25)40-34)6-10-32(27)39(31)24-8-12-35-29(18-24)30-20-38-14-13-36(30)41-35/h1-13,15-18,20,38H,14H2. The molecule has 1 N–H and O–H groups in total. The van der Waals surface area contributed by atoms with Crippen LogP contribution in [-0.2, 0) is 0 Å². The van der Waals surface area contributed by atoms with Crippen molar-refractivity contribution in [2.24, 2.45) is 0 Å². The minimum absolute atomic E-state index is 0.642. The number of benzene rings is 5. The van der Waals surface area contributed by atoms with Gasteiger partial charge in [-0.3, -0.25) is 0 Å². The third kappa shape index (κ3) is 3.16. The third-order valence-corrected chi connectivity index (χ3v) is 8.25. The Labute approximate surface area is 233 Å². The molecule has 41 heavy (non-hydrogen) atoms. The number of hydrogen-bond donors (Lipinski definition) is 1. The van der Waals surface area contributed by atoms with Gasteiger partial charge in [0.05, 0.1) is 22.7 Å². The van der Waals surface area contributed by atoms with Gasteiger partial charge in [-0.05, 0) is 83.9 Å². The zero-order valence-electron chi connectivity index (χ0n) is 21.8. The van der Waals surface area contributed by atoms with Crippen LogP contribution in [-0.4, -0.2) is 11.1 Å². The molecular weight excluding hydrogens is 506 g/mol. The van der Waals surface area contributed by atoms with Crippen molar-refractivity contribution in [3.8, 4) is 22.9 Å². The van der Waals surface area contributed by atoms with Crippen LogP contribution in [0.25, 0.3) is 83.8 Å². The van der Waals surface area contributed by atoms with Gasteiger partial charge >= 0.3 is 0 Å². The van der Waals surface area contributed by atoms with Crippen LogP contribution in [0.2, 0.25) is 0 Å². The molecule has 5 nitrogen and oxygen atoms in total. The Kier molecular flexibility index (Phi) is 4.39. The minimum Gasteiger partial charge on any atom is -0.456 e. The molecule has 8 aromatic rings. The molecule has 0 radical (unpaired) electrons. The summed E-state index contributed by atoms with van der Waals surface area (Å²) in [5.41, 5.74) is 9.61. The summed E-state index contributed by atoms with van der Waals surface area (Å²) in [4.78, 5) is 0. The summed E-state index contributed by atoms with van der Waals surface area (Å²) >= 11 is 0. The van der Waals surface area contributed by atoms with Crippen molar-refractivity contribution in [3.05, 3.63) is 113 Å². The van der Waals surface area contributed by atoms with Gasteiger partial charge in [-0.15, -0.1) is 0 Å². The highest BCUT2D eigenvalue weighted by molar-refractivity contribution is 6.12. The molecule has 5 heteroatoms. The van der Waals surface area contributed by atoms with Crippen LogP contribution in [0, 0.1) is 11.3 Å². The van der Waals surface area contributed by atoms with Crippen LogP contribution in [0.1, 0.15) is 5.56 Å². The van der Waals surface area contributed by atoms with Crippen molar-refractivity contribution < 1.29 is 8.83 Å². The maximum absolute atomic E-state index is 9.71. The molecule has 0 spiro atoms. The highest BCUT2D eigenvalue weighted by Gasteiger charge is 2.16. The summed E-state index contributed by atoms with van der Waals surface area (Å²) in [6, 6.07) is 35.7. The number of aromatic nitrogens is 1. The molecule has 0 fully saturated rings. The van der Waals surface area contributed by atoms with Crippen LogP contribution in [0.3, 0.4) is 0 Å². The molecule has 3 aromatic heterocycles. The first-order valence-electron chi connectivity index (χ1n) is 13.6. The average Bonchev–Trinajstić information content (AvgIpc) is 3.69. The molecule has 1 aliphatic heterocycles. The fourth-order valence-electron chi connectivity index (χ4n) is 6.33. The number of rotatable bonds is 2. The van der Waals surface area contributed by atoms with Crippen LogP contribution in [0.5, 0.6) is 0 Å². The molecule has 0 atom stereocenters. The molecule has 192 valence electrons. The van der Waals surface area contributed by atoms with E-state index in [0.717, 1.165) is 88.7 Å². The van der Waals surface area contributed by atoms with Crippen molar-refractivity contribution in [2.45, 2.75) is 0 Å². The Hall–Kier alpha value is -5.73. The molecule has 9 rings (SSSR count). The lowest BCUT2D eigenvalue weighted by Gasteiger charge is -2.09. The Bertz CT molecular complexity index is 2550. The van der Waals surface area contributed by atoms with Crippen LogP contribution < -0.4 is 16.0 Å². The van der Waals surface area contributed by atoms with Gasteiger partial charge in [0.1, 0.15) is 22.2 Å². The second-order valence-electron chi connectivity index (χ2n) is 10.5. The van der Waals surface area contributed by atoms with Gasteiger partial charge in [-0.25, -0.2) is 0 Å². The average molecular weight is 528 g/mol. The third-order valence-electron chi connectivity index (χ3n) is 8.25. The number of furan rings is 2. The largest absolute Gasteiger partial charge is 0.456 e. The molecule has 0 saturated heterocycles. The molecule has 0 amide bonds. The Morgan fingerprint density at radius 2 is 1.39 bits per heavy atom. The Balaban J connectivity index is 1.30. The fraction of sp³-hybridized carbons (Fsp3) is 0.0278. The minimum atomic E-state index is 0.642. The number of hydrogen-bond acceptors (Lipinski definition) is 4. The van der Waals surface area contributed by atoms with E-state index in [9.17, 15) is 5.26 Å². The van der Waals surface area contributed by atoms with Gasteiger partial charge < -0.3 is 18.7 Å². The Morgan fingerprint density at radius 3 is 2.29 bits per heavy atom. The first kappa shape index (κ1) is 22.1. The summed E-state index contributed by atoms with van der Waals surface area (Å²) in [7, 11) is 0. The maximum atomic E-state index is 9.71. The first-order valence-corrected chi connectivity index (χ1v) is 13.6. The number of nitrogens with one attached hydrogen (secondary N) is 1. The van der Waals surface area contributed by atoms with Gasteiger partial charge in [0.15, 0.2) is 0 Å². The highest BCUT2D eigenvalue weighted by atomic mass is 16.3. The van der Waals surface area contributed by atoms with Gasteiger partial charge in [0.25, 0.3) is 0 Å². The SMILES string of the molecule is N#Cc1ccc2c(c1)c1cc(-c3ccc4oc5ccccc5c4c3)ccc1n2-c1ccc2oc3c(c2c1)=CNCC=3. The molecule has 0 bridgehead atoms. The molecule has 0 saturated carbocycles. The maximum Gasteiger partial charge on any atom is 0.135 e. The quantitative estimate of drug-likeness (QED) is 0.261. The van der Waals surface area contributed by atoms with Crippen LogP contribution in [0.4, 0.5) is 0 Å². The summed E-state index contributed by atoms with van der Waals surface area (Å²) < 4.78 is 14.4. The molecule has 1 aliphatic rings. The van der Waals surface area contributed by atoms with E-state index < -0.39 is 0 Å². The second kappa shape index (κ2) is 8.14. The van der Waals surface area contributed by atoms with E-state index >= 15 is 0 Å². The Morgan fingerprint density at radius 1 is 0.659 bits per heavy atom. The first-order chi connectivity index (χ1) is 20.2. The van der Waals surface area contributed by atoms with E-state index in [1.807, 2.05) is 48.7 Å². The fourth-order valence-corrected chi connectivity index (χ4v) is 6.33. The topological polar surface area (TPSA) is 67.0 Å². The zero-order chi connectivity index (χ0) is 27.1. The van der Waals surface area contributed by atoms with Gasteiger partial charge in [0, 0.05) is 50.6 Å². The van der Waals surface area contributed by atoms with E-state index in [1.165, 1.54) is 0 Å². The molecular formula is C36H21N3O2. The van der Waals surface area contributed by atoms with Gasteiger partial charge in [-0.1, -0.05) is 30.3 Å². The van der Waals surface area contributed by atoms with E-state index in [1.54, 1.807) is 0 Å². The number of nitriles is 1. The van der Waals surface area contributed by atoms with Crippen LogP contribution >= 0.6 is 0 Å². The lowest BCUT2D eigenvalue weighted by molar-refractivity contribution is 0.572. The van der Waals surface area contributed by atoms with Gasteiger partial charge in [0.2, 0.25) is 0 Å². The van der Waals surface area contributed by atoms with Gasteiger partial charge in [-0.2, -0.15) is 5.26 Å².